The Labute approximate surface area is 114 Å². The Hall–Kier alpha value is -2.82. The summed E-state index contributed by atoms with van der Waals surface area (Å²) in [5, 5.41) is 11.5. The number of nitrogens with zero attached hydrogens (tertiary/aromatic N) is 1. The zero-order chi connectivity index (χ0) is 13.9. The van der Waals surface area contributed by atoms with Crippen LogP contribution in [0.1, 0.15) is 0 Å². The van der Waals surface area contributed by atoms with Crippen LogP contribution in [0.4, 0.5) is 5.69 Å². The molecule has 0 saturated heterocycles. The number of aliphatic carboxylic acids is 1. The van der Waals surface area contributed by atoms with Crippen LogP contribution < -0.4 is 5.32 Å². The van der Waals surface area contributed by atoms with Crippen LogP contribution in [0.2, 0.25) is 0 Å². The van der Waals surface area contributed by atoms with Crippen molar-refractivity contribution < 1.29 is 14.3 Å². The van der Waals surface area contributed by atoms with Crippen LogP contribution >= 0.6 is 0 Å². The standard InChI is InChI=1S/C15H12N2O3/c18-15(19)8-16-12-3-1-2-10(6-12)11-4-5-13-14(7-11)20-9-17-13/h1-7,9,16H,8H2,(H,18,19). The molecule has 0 radical (unpaired) electrons. The second kappa shape index (κ2) is 5.05. The summed E-state index contributed by atoms with van der Waals surface area (Å²) in [6.45, 7) is -0.107. The van der Waals surface area contributed by atoms with E-state index in [1.54, 1.807) is 0 Å². The van der Waals surface area contributed by atoms with Crippen LogP contribution in [0.5, 0.6) is 0 Å². The van der Waals surface area contributed by atoms with Gasteiger partial charge in [-0.3, -0.25) is 4.79 Å². The fourth-order valence-electron chi connectivity index (χ4n) is 2.02. The summed E-state index contributed by atoms with van der Waals surface area (Å²) in [5.41, 5.74) is 4.29. The van der Waals surface area contributed by atoms with Crippen molar-refractivity contribution in [1.29, 1.82) is 0 Å². The van der Waals surface area contributed by atoms with Crippen LogP contribution in [-0.4, -0.2) is 22.6 Å². The SMILES string of the molecule is O=C(O)CNc1cccc(-c2ccc3ncoc3c2)c1. The van der Waals surface area contributed by atoms with Gasteiger partial charge in [0.05, 0.1) is 0 Å². The molecule has 0 aliphatic rings. The van der Waals surface area contributed by atoms with Gasteiger partial charge in [0.25, 0.3) is 0 Å². The molecule has 100 valence electrons. The minimum absolute atomic E-state index is 0.107. The molecule has 0 bridgehead atoms. The molecule has 0 amide bonds. The monoisotopic (exact) mass is 268 g/mol. The van der Waals surface area contributed by atoms with Crippen LogP contribution in [-0.2, 0) is 4.79 Å². The smallest absolute Gasteiger partial charge is 0.322 e. The van der Waals surface area contributed by atoms with E-state index in [0.29, 0.717) is 0 Å². The molecular formula is C15H12N2O3. The summed E-state index contributed by atoms with van der Waals surface area (Å²) in [5.74, 6) is -0.890. The molecule has 2 aromatic carbocycles. The van der Waals surface area contributed by atoms with E-state index in [9.17, 15) is 4.79 Å². The van der Waals surface area contributed by atoms with Crippen molar-refractivity contribution in [3.8, 4) is 11.1 Å². The molecule has 1 heterocycles. The molecule has 0 aliphatic carbocycles. The molecule has 5 nitrogen and oxygen atoms in total. The average molecular weight is 268 g/mol. The first-order chi connectivity index (χ1) is 9.72. The number of nitrogens with one attached hydrogen (secondary N) is 1. The molecule has 3 aromatic rings. The number of anilines is 1. The van der Waals surface area contributed by atoms with E-state index in [-0.39, 0.29) is 6.54 Å². The lowest BCUT2D eigenvalue weighted by Crippen LogP contribution is -2.12. The predicted octanol–water partition coefficient (Wildman–Crippen LogP) is 2.99. The van der Waals surface area contributed by atoms with Gasteiger partial charge in [0.2, 0.25) is 0 Å². The number of carboxylic acids is 1. The number of aromatic nitrogens is 1. The number of oxazole rings is 1. The Morgan fingerprint density at radius 3 is 2.90 bits per heavy atom. The van der Waals surface area contributed by atoms with E-state index in [1.165, 1.54) is 6.39 Å². The summed E-state index contributed by atoms with van der Waals surface area (Å²) < 4.78 is 5.28. The highest BCUT2D eigenvalue weighted by Crippen LogP contribution is 2.25. The number of rotatable bonds is 4. The third-order valence-electron chi connectivity index (χ3n) is 2.97. The predicted molar refractivity (Wildman–Crippen MR) is 75.6 cm³/mol. The maximum Gasteiger partial charge on any atom is 0.322 e. The summed E-state index contributed by atoms with van der Waals surface area (Å²) in [4.78, 5) is 14.6. The van der Waals surface area contributed by atoms with Crippen molar-refractivity contribution >= 4 is 22.8 Å². The van der Waals surface area contributed by atoms with E-state index in [4.69, 9.17) is 9.52 Å². The third kappa shape index (κ3) is 2.47. The molecule has 3 rings (SSSR count). The molecule has 20 heavy (non-hydrogen) atoms. The number of fused-ring (bicyclic) bond motifs is 1. The first-order valence-corrected chi connectivity index (χ1v) is 6.12. The number of benzene rings is 2. The van der Waals surface area contributed by atoms with E-state index >= 15 is 0 Å². The molecule has 2 N–H and O–H groups in total. The van der Waals surface area contributed by atoms with Gasteiger partial charge in [0.15, 0.2) is 12.0 Å². The molecule has 0 spiro atoms. The van der Waals surface area contributed by atoms with E-state index in [0.717, 1.165) is 27.9 Å². The maximum absolute atomic E-state index is 10.6. The quantitative estimate of drug-likeness (QED) is 0.760. The van der Waals surface area contributed by atoms with Gasteiger partial charge < -0.3 is 14.8 Å². The lowest BCUT2D eigenvalue weighted by Gasteiger charge is -2.06. The van der Waals surface area contributed by atoms with Crippen molar-refractivity contribution in [3.63, 3.8) is 0 Å². The second-order valence-corrected chi connectivity index (χ2v) is 4.36. The van der Waals surface area contributed by atoms with Gasteiger partial charge in [-0.05, 0) is 35.4 Å². The normalized spacial score (nSPS) is 10.6. The van der Waals surface area contributed by atoms with Crippen molar-refractivity contribution in [2.45, 2.75) is 0 Å². The number of carboxylic acid groups (broad SMARTS) is 1. The largest absolute Gasteiger partial charge is 0.480 e. The summed E-state index contributed by atoms with van der Waals surface area (Å²) in [6.07, 6.45) is 1.42. The van der Waals surface area contributed by atoms with Crippen LogP contribution in [0.3, 0.4) is 0 Å². The van der Waals surface area contributed by atoms with Gasteiger partial charge in [0, 0.05) is 5.69 Å². The van der Waals surface area contributed by atoms with Gasteiger partial charge in [-0.1, -0.05) is 18.2 Å². The fourth-order valence-corrected chi connectivity index (χ4v) is 2.02. The van der Waals surface area contributed by atoms with Crippen LogP contribution in [0.15, 0.2) is 53.3 Å². The van der Waals surface area contributed by atoms with Gasteiger partial charge in [0.1, 0.15) is 12.1 Å². The van der Waals surface area contributed by atoms with Crippen molar-refractivity contribution in [2.75, 3.05) is 11.9 Å². The third-order valence-corrected chi connectivity index (χ3v) is 2.97. The van der Waals surface area contributed by atoms with E-state index < -0.39 is 5.97 Å². The molecule has 0 unspecified atom stereocenters. The summed E-state index contributed by atoms with van der Waals surface area (Å²) >= 11 is 0. The van der Waals surface area contributed by atoms with E-state index in [1.807, 2.05) is 42.5 Å². The summed E-state index contributed by atoms with van der Waals surface area (Å²) in [7, 11) is 0. The minimum atomic E-state index is -0.890. The first-order valence-electron chi connectivity index (χ1n) is 6.12. The summed E-state index contributed by atoms with van der Waals surface area (Å²) in [6, 6.07) is 13.3. The highest BCUT2D eigenvalue weighted by molar-refractivity contribution is 5.81. The molecule has 0 aliphatic heterocycles. The molecule has 0 fully saturated rings. The Morgan fingerprint density at radius 1 is 1.20 bits per heavy atom. The van der Waals surface area contributed by atoms with Gasteiger partial charge in [-0.2, -0.15) is 0 Å². The molecule has 1 aromatic heterocycles. The Bertz CT molecular complexity index is 764. The van der Waals surface area contributed by atoms with Gasteiger partial charge in [-0.15, -0.1) is 0 Å². The van der Waals surface area contributed by atoms with Crippen molar-refractivity contribution in [1.82, 2.24) is 4.98 Å². The topological polar surface area (TPSA) is 75.4 Å². The molecular weight excluding hydrogens is 256 g/mol. The highest BCUT2D eigenvalue weighted by atomic mass is 16.4. The van der Waals surface area contributed by atoms with Gasteiger partial charge >= 0.3 is 5.97 Å². The average Bonchev–Trinajstić information content (AvgIpc) is 2.93. The zero-order valence-electron chi connectivity index (χ0n) is 10.5. The Balaban J connectivity index is 1.92. The highest BCUT2D eigenvalue weighted by Gasteiger charge is 2.04. The Kier molecular flexibility index (Phi) is 3.09. The number of hydrogen-bond donors (Lipinski definition) is 2. The molecule has 0 saturated carbocycles. The van der Waals surface area contributed by atoms with E-state index in [2.05, 4.69) is 10.3 Å². The fraction of sp³-hybridized carbons (Fsp3) is 0.0667. The Morgan fingerprint density at radius 2 is 2.05 bits per heavy atom. The second-order valence-electron chi connectivity index (χ2n) is 4.36. The minimum Gasteiger partial charge on any atom is -0.480 e. The number of hydrogen-bond acceptors (Lipinski definition) is 4. The maximum atomic E-state index is 10.6. The lowest BCUT2D eigenvalue weighted by atomic mass is 10.0. The van der Waals surface area contributed by atoms with Crippen molar-refractivity contribution in [3.05, 3.63) is 48.9 Å². The van der Waals surface area contributed by atoms with Crippen molar-refractivity contribution in [2.24, 2.45) is 0 Å². The zero-order valence-corrected chi connectivity index (χ0v) is 10.5. The number of carbonyl (C=O) groups is 1. The van der Waals surface area contributed by atoms with Gasteiger partial charge in [-0.25, -0.2) is 4.98 Å². The molecule has 5 heteroatoms. The molecule has 0 atom stereocenters. The first kappa shape index (κ1) is 12.2. The van der Waals surface area contributed by atoms with Crippen LogP contribution in [0.25, 0.3) is 22.2 Å². The van der Waals surface area contributed by atoms with Crippen LogP contribution in [0, 0.1) is 0 Å². The lowest BCUT2D eigenvalue weighted by molar-refractivity contribution is -0.134.